The van der Waals surface area contributed by atoms with Crippen molar-refractivity contribution in [1.82, 2.24) is 0 Å². The van der Waals surface area contributed by atoms with Crippen LogP contribution in [0.25, 0.3) is 0 Å². The molecule has 2 amide bonds. The third-order valence-corrected chi connectivity index (χ3v) is 4.40. The summed E-state index contributed by atoms with van der Waals surface area (Å²) in [6.45, 7) is 1.55. The van der Waals surface area contributed by atoms with Crippen molar-refractivity contribution in [2.75, 3.05) is 5.32 Å². The summed E-state index contributed by atoms with van der Waals surface area (Å²) in [5.74, 6) is -0.875. The Morgan fingerprint density at radius 2 is 1.81 bits per heavy atom. The van der Waals surface area contributed by atoms with E-state index in [1.165, 1.54) is 17.2 Å². The Balaban J connectivity index is 1.69. The molecule has 0 saturated heterocycles. The van der Waals surface area contributed by atoms with E-state index in [2.05, 4.69) is 5.32 Å². The molecule has 0 aliphatic heterocycles. The Kier molecular flexibility index (Phi) is 5.02. The fourth-order valence-corrected chi connectivity index (χ4v) is 3.11. The topological polar surface area (TPSA) is 98.5 Å². The van der Waals surface area contributed by atoms with Gasteiger partial charge in [-0.25, -0.2) is 9.59 Å². The first-order chi connectivity index (χ1) is 12.4. The van der Waals surface area contributed by atoms with Gasteiger partial charge < -0.3 is 15.8 Å². The number of carbonyl (C=O) groups excluding carboxylic acids is 3. The number of ketones is 1. The minimum Gasteiger partial charge on any atom is -0.451 e. The molecule has 0 spiro atoms. The molecule has 2 aromatic carbocycles. The molecule has 26 heavy (non-hydrogen) atoms. The van der Waals surface area contributed by atoms with Crippen molar-refractivity contribution in [3.8, 4) is 0 Å². The molecular formula is C20H20N2O4. The molecule has 0 heterocycles. The molecule has 0 unspecified atom stereocenters. The monoisotopic (exact) mass is 352 g/mol. The van der Waals surface area contributed by atoms with Crippen molar-refractivity contribution in [2.24, 2.45) is 5.73 Å². The van der Waals surface area contributed by atoms with Gasteiger partial charge in [0.05, 0.1) is 5.56 Å². The van der Waals surface area contributed by atoms with E-state index in [0.717, 1.165) is 19.3 Å². The Morgan fingerprint density at radius 1 is 1.04 bits per heavy atom. The predicted molar refractivity (Wildman–Crippen MR) is 97.3 cm³/mol. The normalized spacial score (nSPS) is 13.6. The smallest absolute Gasteiger partial charge is 0.338 e. The quantitative estimate of drug-likeness (QED) is 0.638. The molecule has 134 valence electrons. The molecule has 6 heteroatoms. The van der Waals surface area contributed by atoms with Crippen LogP contribution in [0.5, 0.6) is 0 Å². The Bertz CT molecular complexity index is 876. The number of nitrogens with one attached hydrogen (secondary N) is 1. The van der Waals surface area contributed by atoms with Crippen LogP contribution in [-0.2, 0) is 17.6 Å². The van der Waals surface area contributed by atoms with E-state index in [9.17, 15) is 14.4 Å². The van der Waals surface area contributed by atoms with Crippen molar-refractivity contribution < 1.29 is 19.1 Å². The second-order valence-corrected chi connectivity index (χ2v) is 6.32. The molecule has 3 N–H and O–H groups in total. The van der Waals surface area contributed by atoms with E-state index in [-0.39, 0.29) is 11.3 Å². The number of benzene rings is 2. The van der Waals surface area contributed by atoms with Crippen molar-refractivity contribution in [1.29, 1.82) is 0 Å². The van der Waals surface area contributed by atoms with Gasteiger partial charge in [0.25, 0.3) is 0 Å². The largest absolute Gasteiger partial charge is 0.451 e. The summed E-state index contributed by atoms with van der Waals surface area (Å²) in [5.41, 5.74) is 8.70. The maximum absolute atomic E-state index is 12.6. The summed E-state index contributed by atoms with van der Waals surface area (Å²) in [4.78, 5) is 35.8. The highest BCUT2D eigenvalue weighted by Crippen LogP contribution is 2.24. The average Bonchev–Trinajstić information content (AvgIpc) is 3.08. The number of esters is 1. The minimum atomic E-state index is -0.908. The maximum atomic E-state index is 12.6. The second kappa shape index (κ2) is 7.39. The summed E-state index contributed by atoms with van der Waals surface area (Å²) in [7, 11) is 0. The number of aryl methyl sites for hydroxylation is 2. The second-order valence-electron chi connectivity index (χ2n) is 6.32. The lowest BCUT2D eigenvalue weighted by atomic mass is 10.0. The van der Waals surface area contributed by atoms with Gasteiger partial charge in [0.15, 0.2) is 6.10 Å². The molecule has 1 aliphatic carbocycles. The van der Waals surface area contributed by atoms with E-state index in [1.54, 1.807) is 31.2 Å². The molecule has 0 saturated carbocycles. The molecule has 1 atom stereocenters. The summed E-state index contributed by atoms with van der Waals surface area (Å²) >= 11 is 0. The lowest BCUT2D eigenvalue weighted by molar-refractivity contribution is 0.0319. The van der Waals surface area contributed by atoms with Gasteiger partial charge in [-0.15, -0.1) is 0 Å². The number of nitrogens with two attached hydrogens (primary N) is 1. The minimum absolute atomic E-state index is 0.227. The molecule has 6 nitrogen and oxygen atoms in total. The van der Waals surface area contributed by atoms with E-state index in [4.69, 9.17) is 10.5 Å². The van der Waals surface area contributed by atoms with Crippen LogP contribution in [0.1, 0.15) is 45.2 Å². The van der Waals surface area contributed by atoms with Gasteiger partial charge in [-0.05, 0) is 61.6 Å². The first-order valence-corrected chi connectivity index (χ1v) is 8.47. The van der Waals surface area contributed by atoms with Gasteiger partial charge in [-0.1, -0.05) is 18.2 Å². The number of carbonyl (C=O) groups is 3. The molecule has 0 fully saturated rings. The lowest BCUT2D eigenvalue weighted by Crippen LogP contribution is -2.25. The highest BCUT2D eigenvalue weighted by atomic mass is 16.5. The summed E-state index contributed by atoms with van der Waals surface area (Å²) in [5, 5.41) is 2.39. The fraction of sp³-hybridized carbons (Fsp3) is 0.250. The zero-order valence-corrected chi connectivity index (χ0v) is 14.5. The Hall–Kier alpha value is -3.15. The van der Waals surface area contributed by atoms with E-state index < -0.39 is 18.1 Å². The molecular weight excluding hydrogens is 332 g/mol. The highest BCUT2D eigenvalue weighted by molar-refractivity contribution is 6.02. The third kappa shape index (κ3) is 3.91. The lowest BCUT2D eigenvalue weighted by Gasteiger charge is -2.13. The van der Waals surface area contributed by atoms with Crippen molar-refractivity contribution in [2.45, 2.75) is 32.3 Å². The van der Waals surface area contributed by atoms with E-state index in [1.807, 2.05) is 12.1 Å². The Labute approximate surface area is 151 Å². The molecule has 3 rings (SSSR count). The van der Waals surface area contributed by atoms with Crippen LogP contribution in [-0.4, -0.2) is 23.9 Å². The van der Waals surface area contributed by atoms with Crippen LogP contribution in [0, 0.1) is 0 Å². The fourth-order valence-electron chi connectivity index (χ4n) is 3.11. The number of fused-ring (bicyclic) bond motifs is 1. The van der Waals surface area contributed by atoms with Gasteiger partial charge in [0.2, 0.25) is 5.78 Å². The van der Waals surface area contributed by atoms with E-state index >= 15 is 0 Å². The number of anilines is 1. The van der Waals surface area contributed by atoms with Crippen LogP contribution in [0.15, 0.2) is 42.5 Å². The van der Waals surface area contributed by atoms with E-state index in [0.29, 0.717) is 11.3 Å². The highest BCUT2D eigenvalue weighted by Gasteiger charge is 2.22. The van der Waals surface area contributed by atoms with Crippen LogP contribution < -0.4 is 11.1 Å². The molecule has 0 radical (unpaired) electrons. The first-order valence-electron chi connectivity index (χ1n) is 8.47. The van der Waals surface area contributed by atoms with Crippen LogP contribution in [0.2, 0.25) is 0 Å². The predicted octanol–water partition coefficient (Wildman–Crippen LogP) is 3.09. The SMILES string of the molecule is C[C@@H](OC(=O)c1cccc(NC(N)=O)c1)C(=O)c1ccc2c(c1)CCC2. The van der Waals surface area contributed by atoms with Crippen molar-refractivity contribution in [3.63, 3.8) is 0 Å². The number of urea groups is 1. The number of rotatable bonds is 5. The first kappa shape index (κ1) is 17.7. The average molecular weight is 352 g/mol. The zero-order chi connectivity index (χ0) is 18.7. The van der Waals surface area contributed by atoms with Gasteiger partial charge in [0.1, 0.15) is 0 Å². The van der Waals surface area contributed by atoms with Crippen LogP contribution >= 0.6 is 0 Å². The van der Waals surface area contributed by atoms with Gasteiger partial charge >= 0.3 is 12.0 Å². The maximum Gasteiger partial charge on any atom is 0.338 e. The molecule has 0 aromatic heterocycles. The molecule has 0 bridgehead atoms. The molecule has 1 aliphatic rings. The van der Waals surface area contributed by atoms with Crippen LogP contribution in [0.4, 0.5) is 10.5 Å². The Morgan fingerprint density at radius 3 is 2.58 bits per heavy atom. The van der Waals surface area contributed by atoms with Gasteiger partial charge in [-0.3, -0.25) is 4.79 Å². The number of amides is 2. The number of hydrogen-bond donors (Lipinski definition) is 2. The van der Waals surface area contributed by atoms with Crippen LogP contribution in [0.3, 0.4) is 0 Å². The summed E-state index contributed by atoms with van der Waals surface area (Å²) in [6.07, 6.45) is 2.22. The standard InChI is InChI=1S/C20H20N2O4/c1-12(18(23)15-9-8-13-4-2-5-14(13)10-15)26-19(24)16-6-3-7-17(11-16)22-20(21)25/h3,6-12H,2,4-5H2,1H3,(H3,21,22,25)/t12-/m1/s1. The number of ether oxygens (including phenoxy) is 1. The third-order valence-electron chi connectivity index (χ3n) is 4.40. The zero-order valence-electron chi connectivity index (χ0n) is 14.5. The van der Waals surface area contributed by atoms with Gasteiger partial charge in [0, 0.05) is 11.3 Å². The number of Topliss-reactive ketones (excluding diaryl/α,β-unsaturated/α-hetero) is 1. The van der Waals surface area contributed by atoms with Crippen molar-refractivity contribution in [3.05, 3.63) is 64.7 Å². The summed E-state index contributed by atoms with van der Waals surface area (Å²) in [6, 6.07) is 11.1. The number of hydrogen-bond acceptors (Lipinski definition) is 4. The van der Waals surface area contributed by atoms with Gasteiger partial charge in [-0.2, -0.15) is 0 Å². The van der Waals surface area contributed by atoms with Crippen molar-refractivity contribution >= 4 is 23.5 Å². The number of primary amides is 1. The molecule has 2 aromatic rings. The summed E-state index contributed by atoms with van der Waals surface area (Å²) < 4.78 is 5.30.